The quantitative estimate of drug-likeness (QED) is 0.244. The Morgan fingerprint density at radius 3 is 1.93 bits per heavy atom. The summed E-state index contributed by atoms with van der Waals surface area (Å²) in [7, 11) is 0. The van der Waals surface area contributed by atoms with Gasteiger partial charge in [0.1, 0.15) is 0 Å². The predicted octanol–water partition coefficient (Wildman–Crippen LogP) is 13.3. The smallest absolute Gasteiger partial charge is 0.0709 e. The normalized spacial score (nSPS) is 20.0. The lowest BCUT2D eigenvalue weighted by atomic mass is 9.65. The van der Waals surface area contributed by atoms with E-state index in [0.717, 1.165) is 11.1 Å². The number of allylic oxidation sites excluding steroid dienone is 21. The van der Waals surface area contributed by atoms with E-state index in [1.807, 2.05) is 52.8 Å². The third kappa shape index (κ3) is 9.82. The van der Waals surface area contributed by atoms with Crippen LogP contribution in [-0.2, 0) is 5.41 Å². The van der Waals surface area contributed by atoms with Crippen molar-refractivity contribution in [3.05, 3.63) is 179 Å². The molecule has 0 N–H and O–H groups in total. The molecule has 1 aromatic rings. The van der Waals surface area contributed by atoms with Gasteiger partial charge in [0.2, 0.25) is 0 Å². The fraction of sp³-hybridized carbons (Fsp3) is 0.302. The summed E-state index contributed by atoms with van der Waals surface area (Å²) in [5.74, 6) is 0.504. The molecule has 0 saturated carbocycles. The molecule has 0 aromatic heterocycles. The molecule has 43 heavy (non-hydrogen) atoms. The number of hydrogen-bond donors (Lipinski definition) is 0. The fourth-order valence-corrected chi connectivity index (χ4v) is 5.27. The monoisotopic (exact) mass is 574 g/mol. The number of hydrogen-bond acceptors (Lipinski definition) is 0. The number of benzene rings is 1. The molecule has 1 aliphatic rings. The molecule has 0 amide bonds. The molecule has 0 heterocycles. The highest BCUT2D eigenvalue weighted by molar-refractivity contribution is 5.76. The maximum atomic E-state index is 4.45. The highest BCUT2D eigenvalue weighted by atomic mass is 14.5. The molecule has 0 nitrogen and oxygen atoms in total. The topological polar surface area (TPSA) is 0 Å². The Labute approximate surface area is 266 Å². The van der Waals surface area contributed by atoms with Crippen molar-refractivity contribution in [3.8, 4) is 0 Å². The van der Waals surface area contributed by atoms with Gasteiger partial charge in [0.25, 0.3) is 0 Å². The highest BCUT2D eigenvalue weighted by Crippen LogP contribution is 2.56. The van der Waals surface area contributed by atoms with Gasteiger partial charge >= 0.3 is 0 Å². The van der Waals surface area contributed by atoms with E-state index >= 15 is 0 Å². The first kappa shape index (κ1) is 39.1. The van der Waals surface area contributed by atoms with E-state index in [-0.39, 0.29) is 0 Å². The van der Waals surface area contributed by atoms with Crippen LogP contribution in [0, 0.1) is 5.92 Å². The molecule has 0 saturated heterocycles. The zero-order valence-corrected chi connectivity index (χ0v) is 29.1. The summed E-state index contributed by atoms with van der Waals surface area (Å²) in [6.07, 6.45) is 27.1. The van der Waals surface area contributed by atoms with Crippen LogP contribution in [0.15, 0.2) is 174 Å². The van der Waals surface area contributed by atoms with Gasteiger partial charge in [-0.25, -0.2) is 0 Å². The van der Waals surface area contributed by atoms with E-state index in [0.29, 0.717) is 5.92 Å². The van der Waals surface area contributed by atoms with Crippen molar-refractivity contribution < 1.29 is 0 Å². The third-order valence-electron chi connectivity index (χ3n) is 7.86. The van der Waals surface area contributed by atoms with Crippen LogP contribution in [0.3, 0.4) is 0 Å². The van der Waals surface area contributed by atoms with Gasteiger partial charge in [-0.3, -0.25) is 0 Å². The third-order valence-corrected chi connectivity index (χ3v) is 7.86. The molecule has 2 unspecified atom stereocenters. The minimum Gasteiger partial charge on any atom is -0.0991 e. The van der Waals surface area contributed by atoms with Crippen LogP contribution in [0.4, 0.5) is 0 Å². The van der Waals surface area contributed by atoms with Crippen LogP contribution in [0.1, 0.15) is 81.7 Å². The van der Waals surface area contributed by atoms with Crippen molar-refractivity contribution in [2.45, 2.75) is 81.6 Å². The van der Waals surface area contributed by atoms with Gasteiger partial charge < -0.3 is 0 Å². The molecule has 0 heteroatoms. The first-order chi connectivity index (χ1) is 20.6. The molecule has 0 aliphatic heterocycles. The fourth-order valence-electron chi connectivity index (χ4n) is 5.27. The zero-order chi connectivity index (χ0) is 33.0. The summed E-state index contributed by atoms with van der Waals surface area (Å²) in [6, 6.07) is 10.7. The van der Waals surface area contributed by atoms with Crippen molar-refractivity contribution in [3.63, 3.8) is 0 Å². The predicted molar refractivity (Wildman–Crippen MR) is 198 cm³/mol. The minimum atomic E-state index is -0.421. The van der Waals surface area contributed by atoms with E-state index in [1.54, 1.807) is 0 Å². The molecule has 0 spiro atoms. The summed E-state index contributed by atoms with van der Waals surface area (Å²) in [5, 5.41) is 0. The summed E-state index contributed by atoms with van der Waals surface area (Å²) in [6.45, 7) is 35.4. The Morgan fingerprint density at radius 1 is 0.837 bits per heavy atom. The summed E-state index contributed by atoms with van der Waals surface area (Å²) in [4.78, 5) is 0. The van der Waals surface area contributed by atoms with Crippen LogP contribution in [-0.4, -0.2) is 0 Å². The first-order valence-corrected chi connectivity index (χ1v) is 15.6. The highest BCUT2D eigenvalue weighted by Gasteiger charge is 2.47. The average Bonchev–Trinajstić information content (AvgIpc) is 3.23. The Balaban J connectivity index is 0.000000934. The van der Waals surface area contributed by atoms with Crippen LogP contribution >= 0.6 is 0 Å². The van der Waals surface area contributed by atoms with Crippen molar-refractivity contribution in [2.75, 3.05) is 0 Å². The Hall–Kier alpha value is -3.90. The zero-order valence-electron chi connectivity index (χ0n) is 29.1. The van der Waals surface area contributed by atoms with Gasteiger partial charge in [-0.15, -0.1) is 0 Å². The lowest BCUT2D eigenvalue weighted by Gasteiger charge is -2.36. The summed E-state index contributed by atoms with van der Waals surface area (Å²) < 4.78 is 0. The second kappa shape index (κ2) is 20.9. The second-order valence-electron chi connectivity index (χ2n) is 10.3. The maximum Gasteiger partial charge on any atom is 0.0709 e. The SMILES string of the molecule is C=C/C(=C\C=C/C)C1(c2ccccc2)C(/C=C\C)=C(C)C(=C)/C1=C\C=C/C.C=C/C=C(/C)C(C)/C(C)=C(C)/C=C\C.CC. The van der Waals surface area contributed by atoms with E-state index in [2.05, 4.69) is 152 Å². The van der Waals surface area contributed by atoms with Crippen LogP contribution < -0.4 is 0 Å². The van der Waals surface area contributed by atoms with Gasteiger partial charge in [-0.05, 0) is 94.7 Å². The van der Waals surface area contributed by atoms with Gasteiger partial charge in [0.05, 0.1) is 5.41 Å². The van der Waals surface area contributed by atoms with Gasteiger partial charge in [0.15, 0.2) is 0 Å². The Bertz CT molecular complexity index is 1340. The number of rotatable bonds is 10. The molecule has 2 atom stereocenters. The van der Waals surface area contributed by atoms with Crippen molar-refractivity contribution in [1.82, 2.24) is 0 Å². The Morgan fingerprint density at radius 2 is 1.44 bits per heavy atom. The van der Waals surface area contributed by atoms with E-state index in [4.69, 9.17) is 0 Å². The van der Waals surface area contributed by atoms with E-state index in [1.165, 1.54) is 39.0 Å². The lowest BCUT2D eigenvalue weighted by Crippen LogP contribution is -2.30. The van der Waals surface area contributed by atoms with E-state index in [9.17, 15) is 0 Å². The molecule has 0 radical (unpaired) electrons. The largest absolute Gasteiger partial charge is 0.0991 e. The summed E-state index contributed by atoms with van der Waals surface area (Å²) in [5.41, 5.74) is 10.9. The van der Waals surface area contributed by atoms with Crippen molar-refractivity contribution >= 4 is 0 Å². The van der Waals surface area contributed by atoms with Crippen LogP contribution in [0.25, 0.3) is 0 Å². The van der Waals surface area contributed by atoms with Crippen molar-refractivity contribution in [1.29, 1.82) is 0 Å². The lowest BCUT2D eigenvalue weighted by molar-refractivity contribution is 0.757. The van der Waals surface area contributed by atoms with E-state index < -0.39 is 5.41 Å². The molecular formula is C43H58. The Kier molecular flexibility index (Phi) is 19.0. The van der Waals surface area contributed by atoms with Gasteiger partial charge in [-0.2, -0.15) is 0 Å². The van der Waals surface area contributed by atoms with Gasteiger partial charge in [-0.1, -0.05) is 167 Å². The average molecular weight is 575 g/mol. The van der Waals surface area contributed by atoms with Crippen LogP contribution in [0.2, 0.25) is 0 Å². The summed E-state index contributed by atoms with van der Waals surface area (Å²) >= 11 is 0. The standard InChI is InChI=1S/C27H30.C14H22.C2H6/c1-7-11-17-23(10-4)27(24-18-14-13-15-19-24)25(16-9-3)21(5)22(6)26(27)20-12-8-2;1-7-9-11(3)13(5)14(6)12(4)10-8-2;1-2/h7-20H,4,6H2,1-3,5H3;7-10,13H,1H2,2-6H3;1-2H3/b11-7-,12-8-,16-9-,23-17+,26-20+;10-8-,11-9-,14-12+;. The van der Waals surface area contributed by atoms with Crippen LogP contribution in [0.5, 0.6) is 0 Å². The molecule has 1 aliphatic carbocycles. The molecule has 230 valence electrons. The van der Waals surface area contributed by atoms with Crippen molar-refractivity contribution in [2.24, 2.45) is 5.92 Å². The van der Waals surface area contributed by atoms with Gasteiger partial charge in [0, 0.05) is 0 Å². The molecule has 0 bridgehead atoms. The maximum absolute atomic E-state index is 4.45. The molecule has 1 aromatic carbocycles. The molecule has 2 rings (SSSR count). The molecule has 0 fully saturated rings. The molecular weight excluding hydrogens is 516 g/mol. The first-order valence-electron chi connectivity index (χ1n) is 15.6. The second-order valence-corrected chi connectivity index (χ2v) is 10.3. The minimum absolute atomic E-state index is 0.421.